The highest BCUT2D eigenvalue weighted by atomic mass is 16.5. The summed E-state index contributed by atoms with van der Waals surface area (Å²) < 4.78 is 5.24. The van der Waals surface area contributed by atoms with Crippen LogP contribution in [-0.2, 0) is 6.42 Å². The van der Waals surface area contributed by atoms with Gasteiger partial charge in [-0.1, -0.05) is 18.6 Å². The smallest absolute Gasteiger partial charge is 0.119 e. The summed E-state index contributed by atoms with van der Waals surface area (Å²) in [6, 6.07) is 6.38. The first-order chi connectivity index (χ1) is 6.76. The molecule has 0 atom stereocenters. The minimum atomic E-state index is 0.962. The number of fused-ring (bicyclic) bond motifs is 1. The van der Waals surface area contributed by atoms with Gasteiger partial charge in [0.25, 0.3) is 0 Å². The minimum Gasteiger partial charge on any atom is -0.497 e. The number of hydrogen-bond donors (Lipinski definition) is 0. The molecule has 14 heavy (non-hydrogen) atoms. The molecule has 1 aliphatic carbocycles. The van der Waals surface area contributed by atoms with Gasteiger partial charge in [0.05, 0.1) is 7.11 Å². The lowest BCUT2D eigenvalue weighted by molar-refractivity contribution is 0.414. The number of benzene rings is 1. The lowest BCUT2D eigenvalue weighted by atomic mass is 10.0. The van der Waals surface area contributed by atoms with Crippen LogP contribution in [0.4, 0.5) is 0 Å². The zero-order valence-electron chi connectivity index (χ0n) is 9.05. The summed E-state index contributed by atoms with van der Waals surface area (Å²) in [5, 5.41) is 0. The number of hydrogen-bond acceptors (Lipinski definition) is 1. The van der Waals surface area contributed by atoms with E-state index in [0.29, 0.717) is 0 Å². The van der Waals surface area contributed by atoms with Crippen LogP contribution in [-0.4, -0.2) is 7.11 Å². The van der Waals surface area contributed by atoms with Crippen LogP contribution in [0.1, 0.15) is 31.4 Å². The number of rotatable bonds is 2. The predicted octanol–water partition coefficient (Wildman–Crippen LogP) is 3.43. The van der Waals surface area contributed by atoms with E-state index in [1.165, 1.54) is 22.3 Å². The van der Waals surface area contributed by atoms with Gasteiger partial charge in [0, 0.05) is 0 Å². The molecule has 0 aromatic heterocycles. The van der Waals surface area contributed by atoms with Crippen LogP contribution in [0.3, 0.4) is 0 Å². The van der Waals surface area contributed by atoms with Crippen LogP contribution in [0.15, 0.2) is 23.8 Å². The molecule has 0 fully saturated rings. The van der Waals surface area contributed by atoms with Gasteiger partial charge in [-0.2, -0.15) is 0 Å². The molecule has 1 aliphatic rings. The molecule has 1 aromatic rings. The average Bonchev–Trinajstić information content (AvgIpc) is 2.52. The Bertz CT molecular complexity index is 388. The van der Waals surface area contributed by atoms with E-state index in [2.05, 4.69) is 26.0 Å². The second-order valence-corrected chi connectivity index (χ2v) is 3.81. The van der Waals surface area contributed by atoms with Gasteiger partial charge in [0.1, 0.15) is 5.75 Å². The summed E-state index contributed by atoms with van der Waals surface area (Å²) in [4.78, 5) is 0. The first-order valence-electron chi connectivity index (χ1n) is 5.12. The average molecular weight is 188 g/mol. The lowest BCUT2D eigenvalue weighted by Crippen LogP contribution is -1.87. The Morgan fingerprint density at radius 2 is 2.14 bits per heavy atom. The van der Waals surface area contributed by atoms with E-state index in [1.54, 1.807) is 7.11 Å². The Hall–Kier alpha value is -1.24. The molecule has 0 saturated heterocycles. The van der Waals surface area contributed by atoms with E-state index >= 15 is 0 Å². The van der Waals surface area contributed by atoms with Gasteiger partial charge >= 0.3 is 0 Å². The molecular formula is C13H16O. The van der Waals surface area contributed by atoms with Crippen LogP contribution in [0.25, 0.3) is 5.57 Å². The molecule has 2 rings (SSSR count). The topological polar surface area (TPSA) is 9.23 Å². The maximum absolute atomic E-state index is 5.24. The molecule has 0 N–H and O–H groups in total. The highest BCUT2D eigenvalue weighted by Gasteiger charge is 2.17. The van der Waals surface area contributed by atoms with Crippen molar-refractivity contribution in [1.29, 1.82) is 0 Å². The van der Waals surface area contributed by atoms with Gasteiger partial charge in [-0.25, -0.2) is 0 Å². The number of ether oxygens (including phenoxy) is 1. The van der Waals surface area contributed by atoms with E-state index in [0.717, 1.165) is 18.6 Å². The first kappa shape index (κ1) is 9.32. The molecule has 0 heterocycles. The second-order valence-electron chi connectivity index (χ2n) is 3.81. The van der Waals surface area contributed by atoms with Gasteiger partial charge in [0.2, 0.25) is 0 Å². The molecule has 0 amide bonds. The lowest BCUT2D eigenvalue weighted by Gasteiger charge is -2.06. The molecule has 1 aromatic carbocycles. The third kappa shape index (κ3) is 1.33. The Morgan fingerprint density at radius 1 is 1.36 bits per heavy atom. The fourth-order valence-corrected chi connectivity index (χ4v) is 2.23. The van der Waals surface area contributed by atoms with E-state index in [1.807, 2.05) is 6.07 Å². The van der Waals surface area contributed by atoms with Crippen molar-refractivity contribution in [3.05, 3.63) is 34.9 Å². The van der Waals surface area contributed by atoms with Gasteiger partial charge in [-0.15, -0.1) is 0 Å². The highest BCUT2D eigenvalue weighted by molar-refractivity contribution is 5.76. The van der Waals surface area contributed by atoms with Crippen LogP contribution in [0.2, 0.25) is 0 Å². The number of methoxy groups -OCH3 is 1. The predicted molar refractivity (Wildman–Crippen MR) is 59.6 cm³/mol. The van der Waals surface area contributed by atoms with Gasteiger partial charge in [-0.3, -0.25) is 0 Å². The number of allylic oxidation sites excluding steroid dienone is 2. The Labute approximate surface area is 85.4 Å². The van der Waals surface area contributed by atoms with Crippen LogP contribution in [0.5, 0.6) is 5.75 Å². The molecule has 74 valence electrons. The Morgan fingerprint density at radius 3 is 2.79 bits per heavy atom. The van der Waals surface area contributed by atoms with E-state index in [9.17, 15) is 0 Å². The molecule has 0 unspecified atom stereocenters. The first-order valence-corrected chi connectivity index (χ1v) is 5.12. The summed E-state index contributed by atoms with van der Waals surface area (Å²) in [7, 11) is 1.72. The fraction of sp³-hybridized carbons (Fsp3) is 0.385. The zero-order chi connectivity index (χ0) is 10.1. The summed E-state index contributed by atoms with van der Waals surface area (Å²) in [6.45, 7) is 4.44. The third-order valence-corrected chi connectivity index (χ3v) is 2.97. The summed E-state index contributed by atoms with van der Waals surface area (Å²) >= 11 is 0. The molecule has 0 aliphatic heterocycles. The maximum atomic E-state index is 5.24. The van der Waals surface area contributed by atoms with Crippen LogP contribution >= 0.6 is 0 Å². The van der Waals surface area contributed by atoms with Gasteiger partial charge in [-0.05, 0) is 48.6 Å². The summed E-state index contributed by atoms with van der Waals surface area (Å²) in [6.07, 6.45) is 2.23. The van der Waals surface area contributed by atoms with E-state index in [-0.39, 0.29) is 0 Å². The molecule has 0 bridgehead atoms. The largest absolute Gasteiger partial charge is 0.497 e. The molecule has 0 spiro atoms. The van der Waals surface area contributed by atoms with Crippen molar-refractivity contribution in [2.24, 2.45) is 0 Å². The maximum Gasteiger partial charge on any atom is 0.119 e. The monoisotopic (exact) mass is 188 g/mol. The van der Waals surface area contributed by atoms with Crippen LogP contribution < -0.4 is 4.74 Å². The quantitative estimate of drug-likeness (QED) is 0.690. The summed E-state index contributed by atoms with van der Waals surface area (Å²) in [5.74, 6) is 0.962. The molecule has 1 nitrogen and oxygen atoms in total. The third-order valence-electron chi connectivity index (χ3n) is 2.97. The Kier molecular flexibility index (Phi) is 2.32. The molecule has 0 saturated carbocycles. The van der Waals surface area contributed by atoms with Gasteiger partial charge < -0.3 is 4.74 Å². The highest BCUT2D eigenvalue weighted by Crippen LogP contribution is 2.36. The summed E-state index contributed by atoms with van der Waals surface area (Å²) in [5.41, 5.74) is 5.85. The van der Waals surface area contributed by atoms with Crippen molar-refractivity contribution < 1.29 is 4.74 Å². The van der Waals surface area contributed by atoms with E-state index in [4.69, 9.17) is 4.74 Å². The zero-order valence-corrected chi connectivity index (χ0v) is 9.05. The molecule has 0 radical (unpaired) electrons. The van der Waals surface area contributed by atoms with Crippen LogP contribution in [0, 0.1) is 0 Å². The van der Waals surface area contributed by atoms with Crippen molar-refractivity contribution in [2.75, 3.05) is 7.11 Å². The fourth-order valence-electron chi connectivity index (χ4n) is 2.23. The van der Waals surface area contributed by atoms with Crippen molar-refractivity contribution in [1.82, 2.24) is 0 Å². The molecule has 1 heteroatoms. The SMILES string of the molecule is CCC1=C(C)Cc2ccc(OC)cc21. The minimum absolute atomic E-state index is 0.962. The van der Waals surface area contributed by atoms with Crippen molar-refractivity contribution >= 4 is 5.57 Å². The van der Waals surface area contributed by atoms with Crippen molar-refractivity contribution in [2.45, 2.75) is 26.7 Å². The van der Waals surface area contributed by atoms with Crippen molar-refractivity contribution in [3.8, 4) is 5.75 Å². The molecular weight excluding hydrogens is 172 g/mol. The van der Waals surface area contributed by atoms with Gasteiger partial charge in [0.15, 0.2) is 0 Å². The standard InChI is InChI=1S/C13H16O/c1-4-12-9(2)7-10-5-6-11(14-3)8-13(10)12/h5-6,8H,4,7H2,1-3H3. The van der Waals surface area contributed by atoms with E-state index < -0.39 is 0 Å². The normalized spacial score (nSPS) is 14.5. The second kappa shape index (κ2) is 3.49. The Balaban J connectivity index is 2.49. The van der Waals surface area contributed by atoms with Crippen molar-refractivity contribution in [3.63, 3.8) is 0 Å².